The third kappa shape index (κ3) is 5.47. The van der Waals surface area contributed by atoms with Crippen LogP contribution < -0.4 is 10.6 Å². The van der Waals surface area contributed by atoms with Gasteiger partial charge in [-0.25, -0.2) is 4.79 Å². The Bertz CT molecular complexity index is 1050. The second-order valence-corrected chi connectivity index (χ2v) is 9.58. The summed E-state index contributed by atoms with van der Waals surface area (Å²) < 4.78 is 2.10. The first-order chi connectivity index (χ1) is 15.1. The van der Waals surface area contributed by atoms with Crippen LogP contribution in [0.2, 0.25) is 5.02 Å². The van der Waals surface area contributed by atoms with E-state index in [1.807, 2.05) is 41.8 Å². The summed E-state index contributed by atoms with van der Waals surface area (Å²) in [6, 6.07) is 11.2. The molecular formula is C21H22ClN5O2S2. The molecule has 3 amide bonds. The van der Waals surface area contributed by atoms with Gasteiger partial charge in [0.25, 0.3) is 0 Å². The largest absolute Gasteiger partial charge is 0.333 e. The number of carbonyl (C=O) groups excluding carboxylic acids is 2. The number of urea groups is 1. The number of hydrogen-bond donors (Lipinski definition) is 2. The van der Waals surface area contributed by atoms with E-state index in [1.54, 1.807) is 11.3 Å². The van der Waals surface area contributed by atoms with Crippen LogP contribution in [-0.4, -0.2) is 32.5 Å². The molecule has 0 radical (unpaired) electrons. The lowest BCUT2D eigenvalue weighted by Crippen LogP contribution is -2.39. The fraction of sp³-hybridized carbons (Fsp3) is 0.333. The summed E-state index contributed by atoms with van der Waals surface area (Å²) in [5.41, 5.74) is 0.827. The molecule has 1 aromatic carbocycles. The van der Waals surface area contributed by atoms with Crippen molar-refractivity contribution in [3.8, 4) is 11.4 Å². The van der Waals surface area contributed by atoms with Gasteiger partial charge in [-0.1, -0.05) is 54.4 Å². The molecule has 4 rings (SSSR count). The van der Waals surface area contributed by atoms with Crippen LogP contribution in [0.3, 0.4) is 0 Å². The van der Waals surface area contributed by atoms with E-state index in [9.17, 15) is 9.59 Å². The molecule has 2 aromatic heterocycles. The molecule has 1 saturated carbocycles. The van der Waals surface area contributed by atoms with E-state index < -0.39 is 6.03 Å². The first kappa shape index (κ1) is 21.9. The van der Waals surface area contributed by atoms with Gasteiger partial charge in [-0.2, -0.15) is 0 Å². The minimum Gasteiger partial charge on any atom is -0.333 e. The number of rotatable bonds is 7. The van der Waals surface area contributed by atoms with E-state index in [-0.39, 0.29) is 17.7 Å². The number of halogens is 1. The fourth-order valence-corrected chi connectivity index (χ4v) is 5.28. The number of thioether (sulfide) groups is 1. The SMILES string of the molecule is O=C(CSc1nnc(-c2ccccc2Cl)n1C1CCCC1)NC(=O)NCc1cccs1. The average molecular weight is 476 g/mol. The maximum Gasteiger partial charge on any atom is 0.321 e. The molecule has 0 saturated heterocycles. The fourth-order valence-electron chi connectivity index (χ4n) is 3.61. The van der Waals surface area contributed by atoms with Crippen LogP contribution in [-0.2, 0) is 11.3 Å². The molecule has 0 atom stereocenters. The molecule has 1 fully saturated rings. The number of nitrogens with one attached hydrogen (secondary N) is 2. The van der Waals surface area contributed by atoms with Crippen molar-refractivity contribution in [1.82, 2.24) is 25.4 Å². The molecule has 7 nitrogen and oxygen atoms in total. The number of aromatic nitrogens is 3. The van der Waals surface area contributed by atoms with Crippen molar-refractivity contribution >= 4 is 46.6 Å². The van der Waals surface area contributed by atoms with Crippen LogP contribution in [0.25, 0.3) is 11.4 Å². The van der Waals surface area contributed by atoms with E-state index in [1.165, 1.54) is 11.8 Å². The Balaban J connectivity index is 1.41. The van der Waals surface area contributed by atoms with E-state index >= 15 is 0 Å². The van der Waals surface area contributed by atoms with Gasteiger partial charge >= 0.3 is 6.03 Å². The molecule has 1 aliphatic rings. The van der Waals surface area contributed by atoms with E-state index in [0.29, 0.717) is 22.5 Å². The minimum absolute atomic E-state index is 0.0692. The average Bonchev–Trinajstić information content (AvgIpc) is 3.52. The van der Waals surface area contributed by atoms with Gasteiger partial charge in [0.2, 0.25) is 5.91 Å². The molecule has 10 heteroatoms. The number of benzene rings is 1. The summed E-state index contributed by atoms with van der Waals surface area (Å²) in [4.78, 5) is 25.3. The molecule has 2 heterocycles. The summed E-state index contributed by atoms with van der Waals surface area (Å²) in [5.74, 6) is 0.405. The van der Waals surface area contributed by atoms with Gasteiger partial charge < -0.3 is 5.32 Å². The number of nitrogens with zero attached hydrogens (tertiary/aromatic N) is 3. The molecule has 0 bridgehead atoms. The zero-order valence-electron chi connectivity index (χ0n) is 16.7. The number of hydrogen-bond acceptors (Lipinski definition) is 6. The van der Waals surface area contributed by atoms with Gasteiger partial charge in [0.05, 0.1) is 17.3 Å². The summed E-state index contributed by atoms with van der Waals surface area (Å²) in [7, 11) is 0. The van der Waals surface area contributed by atoms with Crippen molar-refractivity contribution in [3.63, 3.8) is 0 Å². The Morgan fingerprint density at radius 1 is 1.16 bits per heavy atom. The monoisotopic (exact) mass is 475 g/mol. The highest BCUT2D eigenvalue weighted by Crippen LogP contribution is 2.38. The van der Waals surface area contributed by atoms with Gasteiger partial charge in [-0.05, 0) is 36.4 Å². The molecule has 1 aliphatic carbocycles. The first-order valence-electron chi connectivity index (χ1n) is 10.0. The predicted molar refractivity (Wildman–Crippen MR) is 123 cm³/mol. The number of thiophene rings is 1. The Morgan fingerprint density at radius 3 is 2.71 bits per heavy atom. The Morgan fingerprint density at radius 2 is 1.97 bits per heavy atom. The summed E-state index contributed by atoms with van der Waals surface area (Å²) in [6.07, 6.45) is 4.39. The van der Waals surface area contributed by atoms with Gasteiger partial charge in [0.1, 0.15) is 0 Å². The van der Waals surface area contributed by atoms with Crippen LogP contribution in [0.5, 0.6) is 0 Å². The van der Waals surface area contributed by atoms with Gasteiger partial charge in [-0.3, -0.25) is 14.7 Å². The van der Waals surface area contributed by atoms with E-state index in [4.69, 9.17) is 11.6 Å². The van der Waals surface area contributed by atoms with Crippen LogP contribution in [0.1, 0.15) is 36.6 Å². The van der Waals surface area contributed by atoms with Crippen molar-refractivity contribution in [2.45, 2.75) is 43.4 Å². The Labute approximate surface area is 193 Å². The molecule has 31 heavy (non-hydrogen) atoms. The number of amides is 3. The highest BCUT2D eigenvalue weighted by molar-refractivity contribution is 7.99. The minimum atomic E-state index is -0.506. The van der Waals surface area contributed by atoms with Gasteiger partial charge in [0, 0.05) is 16.5 Å². The van der Waals surface area contributed by atoms with Crippen LogP contribution in [0, 0.1) is 0 Å². The van der Waals surface area contributed by atoms with E-state index in [0.717, 1.165) is 36.1 Å². The lowest BCUT2D eigenvalue weighted by Gasteiger charge is -2.17. The molecule has 3 aromatic rings. The highest BCUT2D eigenvalue weighted by atomic mass is 35.5. The number of carbonyl (C=O) groups is 2. The maximum absolute atomic E-state index is 12.3. The first-order valence-corrected chi connectivity index (χ1v) is 12.3. The maximum atomic E-state index is 12.3. The van der Waals surface area contributed by atoms with Gasteiger partial charge in [-0.15, -0.1) is 21.5 Å². The zero-order chi connectivity index (χ0) is 21.6. The molecule has 162 valence electrons. The third-order valence-corrected chi connectivity index (χ3v) is 7.21. The Kier molecular flexibility index (Phi) is 7.26. The smallest absolute Gasteiger partial charge is 0.321 e. The normalized spacial score (nSPS) is 14.0. The van der Waals surface area contributed by atoms with Crippen LogP contribution >= 0.6 is 34.7 Å². The van der Waals surface area contributed by atoms with Crippen molar-refractivity contribution in [3.05, 3.63) is 51.7 Å². The van der Waals surface area contributed by atoms with Crippen LogP contribution in [0.4, 0.5) is 4.79 Å². The van der Waals surface area contributed by atoms with Crippen LogP contribution in [0.15, 0.2) is 46.9 Å². The standard InChI is InChI=1S/C21H22ClN5O2S2/c22-17-10-4-3-9-16(17)19-25-26-21(27(19)14-6-1-2-7-14)31-13-18(28)24-20(29)23-12-15-8-5-11-30-15/h3-5,8-11,14H,1-2,6-7,12-13H2,(H2,23,24,28,29). The predicted octanol–water partition coefficient (Wildman–Crippen LogP) is 4.89. The molecule has 0 spiro atoms. The molecular weight excluding hydrogens is 454 g/mol. The second-order valence-electron chi connectivity index (χ2n) is 7.19. The quantitative estimate of drug-likeness (QED) is 0.475. The second kappa shape index (κ2) is 10.3. The third-order valence-electron chi connectivity index (χ3n) is 5.06. The Hall–Kier alpha value is -2.36. The molecule has 0 aliphatic heterocycles. The summed E-state index contributed by atoms with van der Waals surface area (Å²) in [5, 5.41) is 17.0. The topological polar surface area (TPSA) is 88.9 Å². The van der Waals surface area contributed by atoms with E-state index in [2.05, 4.69) is 25.4 Å². The lowest BCUT2D eigenvalue weighted by atomic mass is 10.2. The lowest BCUT2D eigenvalue weighted by molar-refractivity contribution is -0.117. The van der Waals surface area contributed by atoms with Gasteiger partial charge in [0.15, 0.2) is 11.0 Å². The van der Waals surface area contributed by atoms with Crippen molar-refractivity contribution in [1.29, 1.82) is 0 Å². The van der Waals surface area contributed by atoms with Crippen molar-refractivity contribution < 1.29 is 9.59 Å². The number of imide groups is 1. The highest BCUT2D eigenvalue weighted by Gasteiger charge is 2.26. The van der Waals surface area contributed by atoms with Crippen molar-refractivity contribution in [2.75, 3.05) is 5.75 Å². The molecule has 0 unspecified atom stereocenters. The summed E-state index contributed by atoms with van der Waals surface area (Å²) in [6.45, 7) is 0.390. The van der Waals surface area contributed by atoms with Crippen molar-refractivity contribution in [2.24, 2.45) is 0 Å². The zero-order valence-corrected chi connectivity index (χ0v) is 19.1. The summed E-state index contributed by atoms with van der Waals surface area (Å²) >= 11 is 9.23. The molecule has 2 N–H and O–H groups in total.